The lowest BCUT2D eigenvalue weighted by Crippen LogP contribution is -2.52. The molecule has 0 atom stereocenters. The van der Waals surface area contributed by atoms with E-state index in [-0.39, 0.29) is 49.3 Å². The monoisotopic (exact) mass is 643 g/mol. The van der Waals surface area contributed by atoms with Crippen LogP contribution in [0.15, 0.2) is 52.2 Å². The summed E-state index contributed by atoms with van der Waals surface area (Å²) in [6.45, 7) is 5.64. The second-order valence-corrected chi connectivity index (χ2v) is 14.2. The summed E-state index contributed by atoms with van der Waals surface area (Å²) >= 11 is 1.10. The number of hydrogen-bond acceptors (Lipinski definition) is 9. The summed E-state index contributed by atoms with van der Waals surface area (Å²) in [5.41, 5.74) is -0.535. The van der Waals surface area contributed by atoms with Crippen LogP contribution >= 0.6 is 11.3 Å². The van der Waals surface area contributed by atoms with Crippen LogP contribution in [0.3, 0.4) is 0 Å². The highest BCUT2D eigenvalue weighted by Crippen LogP contribution is 2.38. The topological polar surface area (TPSA) is 124 Å². The Kier molecular flexibility index (Phi) is 10.0. The molecule has 0 saturated carbocycles. The van der Waals surface area contributed by atoms with Crippen LogP contribution in [0.4, 0.5) is 0 Å². The van der Waals surface area contributed by atoms with Gasteiger partial charge < -0.3 is 19.1 Å². The predicted octanol–water partition coefficient (Wildman–Crippen LogP) is 1.69. The van der Waals surface area contributed by atoms with Crippen molar-refractivity contribution >= 4 is 45.2 Å². The van der Waals surface area contributed by atoms with E-state index in [1.807, 2.05) is 0 Å². The summed E-state index contributed by atoms with van der Waals surface area (Å²) < 4.78 is 45.6. The van der Waals surface area contributed by atoms with E-state index in [1.165, 1.54) is 36.3 Å². The number of carbonyl (C=O) groups excluding carboxylic acids is 2. The lowest BCUT2D eigenvalue weighted by Gasteiger charge is -2.34. The van der Waals surface area contributed by atoms with Gasteiger partial charge in [-0.05, 0) is 35.9 Å². The van der Waals surface area contributed by atoms with Crippen LogP contribution in [-0.4, -0.2) is 81.4 Å². The highest BCUT2D eigenvalue weighted by molar-refractivity contribution is 7.89. The highest BCUT2D eigenvalue weighted by Gasteiger charge is 2.30. The van der Waals surface area contributed by atoms with Crippen LogP contribution < -0.4 is 29.0 Å². The van der Waals surface area contributed by atoms with Crippen LogP contribution in [0.5, 0.6) is 17.2 Å². The van der Waals surface area contributed by atoms with E-state index in [9.17, 15) is 22.8 Å². The molecule has 1 amide bonds. The molecule has 1 saturated heterocycles. The van der Waals surface area contributed by atoms with Crippen molar-refractivity contribution in [3.8, 4) is 17.2 Å². The largest absolute Gasteiger partial charge is 0.493 e. The molecular weight excluding hydrogens is 606 g/mol. The van der Waals surface area contributed by atoms with Crippen molar-refractivity contribution in [3.05, 3.63) is 67.6 Å². The zero-order valence-electron chi connectivity index (χ0n) is 25.7. The van der Waals surface area contributed by atoms with Gasteiger partial charge in [-0.15, -0.1) is 11.3 Å². The molecule has 2 heterocycles. The van der Waals surface area contributed by atoms with Crippen molar-refractivity contribution in [1.29, 1.82) is 0 Å². The maximum absolute atomic E-state index is 13.7. The summed E-state index contributed by atoms with van der Waals surface area (Å²) in [6.07, 6.45) is 3.04. The van der Waals surface area contributed by atoms with Gasteiger partial charge >= 0.3 is 0 Å². The van der Waals surface area contributed by atoms with Crippen LogP contribution in [0, 0.1) is 5.41 Å². The third-order valence-electron chi connectivity index (χ3n) is 7.18. The van der Waals surface area contributed by atoms with Gasteiger partial charge in [0.15, 0.2) is 17.3 Å². The van der Waals surface area contributed by atoms with Gasteiger partial charge in [-0.1, -0.05) is 39.0 Å². The SMILES string of the molecule is COc1cc(/C=c2\s/c(=C\C(=O)C(C)(C)C)n(CC(=O)N3CCN(S(=O)(=O)c4ccccc4)CC3)c2=O)cc(OC)c1OC. The quantitative estimate of drug-likeness (QED) is 0.345. The number of methoxy groups -OCH3 is 3. The number of hydrogen-bond donors (Lipinski definition) is 0. The molecule has 0 radical (unpaired) electrons. The van der Waals surface area contributed by atoms with E-state index >= 15 is 0 Å². The number of piperazine rings is 1. The number of carbonyl (C=O) groups is 2. The third kappa shape index (κ3) is 7.06. The summed E-state index contributed by atoms with van der Waals surface area (Å²) in [6, 6.07) is 11.6. The van der Waals surface area contributed by atoms with Gasteiger partial charge in [0.05, 0.1) is 30.8 Å². The van der Waals surface area contributed by atoms with Gasteiger partial charge in [0, 0.05) is 37.7 Å². The zero-order chi connectivity index (χ0) is 32.2. The highest BCUT2D eigenvalue weighted by atomic mass is 32.2. The molecular formula is C31H37N3O8S2. The van der Waals surface area contributed by atoms with Crippen molar-refractivity contribution < 1.29 is 32.2 Å². The van der Waals surface area contributed by atoms with Crippen molar-refractivity contribution in [3.63, 3.8) is 0 Å². The maximum Gasteiger partial charge on any atom is 0.269 e. The first kappa shape index (κ1) is 33.0. The van der Waals surface area contributed by atoms with Gasteiger partial charge in [-0.2, -0.15) is 4.31 Å². The molecule has 11 nitrogen and oxygen atoms in total. The molecule has 2 aromatic carbocycles. The van der Waals surface area contributed by atoms with Crippen LogP contribution in [0.25, 0.3) is 12.2 Å². The Morgan fingerprint density at radius 2 is 1.52 bits per heavy atom. The number of amides is 1. The van der Waals surface area contributed by atoms with Gasteiger partial charge in [-0.3, -0.25) is 19.0 Å². The fraction of sp³-hybridized carbons (Fsp3) is 0.387. The number of rotatable bonds is 9. The first-order valence-corrected chi connectivity index (χ1v) is 16.2. The smallest absolute Gasteiger partial charge is 0.269 e. The standard InChI is InChI=1S/C31H37N3O8S2/c1-31(2,3)26(35)19-28-34(30(37)25(43-28)18-21-16-23(40-4)29(42-6)24(17-21)41-5)20-27(36)32-12-14-33(15-13-32)44(38,39)22-10-8-7-9-11-22/h7-11,16-19H,12-15,20H2,1-6H3/b25-18-,28-19-. The fourth-order valence-corrected chi connectivity index (χ4v) is 7.10. The Hall–Kier alpha value is -3.94. The molecule has 0 spiro atoms. The van der Waals surface area contributed by atoms with E-state index in [0.717, 1.165) is 11.3 Å². The number of nitrogens with zero attached hydrogens (tertiary/aromatic N) is 3. The number of ketones is 1. The molecule has 1 fully saturated rings. The van der Waals surface area contributed by atoms with Gasteiger partial charge in [0.1, 0.15) is 11.2 Å². The first-order chi connectivity index (χ1) is 20.8. The molecule has 0 unspecified atom stereocenters. The summed E-state index contributed by atoms with van der Waals surface area (Å²) in [4.78, 5) is 41.8. The number of Topliss-reactive ketones (excluding diaryl/α,β-unsaturated/α-hetero) is 1. The second kappa shape index (κ2) is 13.4. The van der Waals surface area contributed by atoms with Crippen LogP contribution in [0.2, 0.25) is 0 Å². The maximum atomic E-state index is 13.7. The van der Waals surface area contributed by atoms with Gasteiger partial charge in [-0.25, -0.2) is 8.42 Å². The molecule has 13 heteroatoms. The Labute approximate surface area is 260 Å². The number of sulfonamides is 1. The first-order valence-electron chi connectivity index (χ1n) is 13.9. The minimum atomic E-state index is -3.68. The molecule has 1 aliphatic heterocycles. The van der Waals surface area contributed by atoms with E-state index < -0.39 is 21.0 Å². The molecule has 3 aromatic rings. The zero-order valence-corrected chi connectivity index (χ0v) is 27.3. The molecule has 0 N–H and O–H groups in total. The van der Waals surface area contributed by atoms with E-state index in [2.05, 4.69) is 0 Å². The molecule has 44 heavy (non-hydrogen) atoms. The van der Waals surface area contributed by atoms with Crippen molar-refractivity contribution in [1.82, 2.24) is 13.8 Å². The Morgan fingerprint density at radius 1 is 0.932 bits per heavy atom. The fourth-order valence-electron chi connectivity index (χ4n) is 4.61. The van der Waals surface area contributed by atoms with Gasteiger partial charge in [0.25, 0.3) is 5.56 Å². The van der Waals surface area contributed by atoms with Crippen LogP contribution in [0.1, 0.15) is 26.3 Å². The normalized spacial score (nSPS) is 15.4. The Balaban J connectivity index is 1.66. The Bertz CT molecular complexity index is 1790. The molecule has 0 aliphatic carbocycles. The number of benzene rings is 2. The van der Waals surface area contributed by atoms with E-state index in [1.54, 1.807) is 74.2 Å². The lowest BCUT2D eigenvalue weighted by atomic mass is 9.91. The summed E-state index contributed by atoms with van der Waals surface area (Å²) in [5.74, 6) is 0.683. The average Bonchev–Trinajstić information content (AvgIpc) is 3.29. The molecule has 236 valence electrons. The minimum absolute atomic E-state index is 0.128. The summed E-state index contributed by atoms with van der Waals surface area (Å²) in [5, 5.41) is 0. The van der Waals surface area contributed by atoms with Crippen LogP contribution in [-0.2, 0) is 26.2 Å². The van der Waals surface area contributed by atoms with Crippen molar-refractivity contribution in [2.45, 2.75) is 32.2 Å². The number of thiazole rings is 1. The average molecular weight is 644 g/mol. The number of ether oxygens (including phenoxy) is 3. The van der Waals surface area contributed by atoms with E-state index in [0.29, 0.717) is 32.0 Å². The number of aromatic nitrogens is 1. The molecule has 0 bridgehead atoms. The molecule has 1 aromatic heterocycles. The molecule has 1 aliphatic rings. The lowest BCUT2D eigenvalue weighted by molar-refractivity contribution is -0.133. The van der Waals surface area contributed by atoms with E-state index in [4.69, 9.17) is 14.2 Å². The Morgan fingerprint density at radius 3 is 2.05 bits per heavy atom. The predicted molar refractivity (Wildman–Crippen MR) is 168 cm³/mol. The molecule has 4 rings (SSSR count). The third-order valence-corrected chi connectivity index (χ3v) is 10.2. The van der Waals surface area contributed by atoms with Crippen molar-refractivity contribution in [2.75, 3.05) is 47.5 Å². The summed E-state index contributed by atoms with van der Waals surface area (Å²) in [7, 11) is 0.798. The van der Waals surface area contributed by atoms with Gasteiger partial charge in [0.2, 0.25) is 21.7 Å². The minimum Gasteiger partial charge on any atom is -0.493 e. The van der Waals surface area contributed by atoms with Crippen molar-refractivity contribution in [2.24, 2.45) is 5.41 Å². The second-order valence-electron chi connectivity index (χ2n) is 11.2.